The summed E-state index contributed by atoms with van der Waals surface area (Å²) in [5.74, 6) is -0.349. The van der Waals surface area contributed by atoms with Crippen molar-refractivity contribution in [3.05, 3.63) is 29.6 Å². The molecule has 1 aromatic carbocycles. The number of hydrazone groups is 1. The Labute approximate surface area is 102 Å². The van der Waals surface area contributed by atoms with E-state index in [1.807, 2.05) is 6.26 Å². The molecule has 0 amide bonds. The third kappa shape index (κ3) is 1.98. The molecule has 0 bridgehead atoms. The van der Waals surface area contributed by atoms with Gasteiger partial charge in [-0.1, -0.05) is 30.0 Å². The summed E-state index contributed by atoms with van der Waals surface area (Å²) in [7, 11) is -0.944. The van der Waals surface area contributed by atoms with Crippen molar-refractivity contribution in [2.24, 2.45) is 5.10 Å². The molecular formula is C9H8BFN2OS2. The van der Waals surface area contributed by atoms with Gasteiger partial charge in [-0.15, -0.1) is 0 Å². The maximum Gasteiger partial charge on any atom is 0.472 e. The van der Waals surface area contributed by atoms with Gasteiger partial charge in [0.15, 0.2) is 0 Å². The fourth-order valence-electron chi connectivity index (χ4n) is 1.45. The second-order valence-corrected chi connectivity index (χ2v) is 4.65. The third-order valence-corrected chi connectivity index (χ3v) is 3.46. The Kier molecular flexibility index (Phi) is 3.27. The van der Waals surface area contributed by atoms with Crippen molar-refractivity contribution in [3.8, 4) is 0 Å². The minimum atomic E-state index is -0.944. The quantitative estimate of drug-likeness (QED) is 0.549. The van der Waals surface area contributed by atoms with Gasteiger partial charge in [0.2, 0.25) is 0 Å². The molecule has 0 saturated carbocycles. The highest BCUT2D eigenvalue weighted by Gasteiger charge is 2.31. The van der Waals surface area contributed by atoms with Crippen LogP contribution in [-0.4, -0.2) is 33.8 Å². The fraction of sp³-hybridized carbons (Fsp3) is 0.111. The van der Waals surface area contributed by atoms with Gasteiger partial charge in [0.25, 0.3) is 0 Å². The SMILES string of the molecule is CSC(=S)N1N=Cc2cc(F)ccc2B1O. The predicted octanol–water partition coefficient (Wildman–Crippen LogP) is 0.811. The summed E-state index contributed by atoms with van der Waals surface area (Å²) in [5.41, 5.74) is 1.18. The van der Waals surface area contributed by atoms with E-state index in [0.717, 1.165) is 0 Å². The van der Waals surface area contributed by atoms with Gasteiger partial charge < -0.3 is 5.02 Å². The summed E-state index contributed by atoms with van der Waals surface area (Å²) >= 11 is 6.37. The molecule has 0 spiro atoms. The minimum absolute atomic E-state index is 0.349. The molecule has 1 aromatic rings. The molecule has 0 aromatic heterocycles. The minimum Gasteiger partial charge on any atom is -0.427 e. The molecule has 0 aliphatic carbocycles. The lowest BCUT2D eigenvalue weighted by Crippen LogP contribution is -2.51. The molecule has 7 heteroatoms. The van der Waals surface area contributed by atoms with Crippen molar-refractivity contribution in [1.29, 1.82) is 0 Å². The highest BCUT2D eigenvalue weighted by Crippen LogP contribution is 2.13. The molecule has 1 heterocycles. The lowest BCUT2D eigenvalue weighted by molar-refractivity contribution is 0.500. The topological polar surface area (TPSA) is 35.8 Å². The maximum atomic E-state index is 13.0. The van der Waals surface area contributed by atoms with Crippen LogP contribution in [0.2, 0.25) is 0 Å². The van der Waals surface area contributed by atoms with Crippen molar-refractivity contribution in [1.82, 2.24) is 4.92 Å². The normalized spacial score (nSPS) is 13.9. The largest absolute Gasteiger partial charge is 0.472 e. The van der Waals surface area contributed by atoms with Gasteiger partial charge in [-0.25, -0.2) is 4.39 Å². The molecule has 1 aliphatic heterocycles. The molecule has 1 N–H and O–H groups in total. The van der Waals surface area contributed by atoms with Crippen LogP contribution < -0.4 is 5.46 Å². The van der Waals surface area contributed by atoms with Gasteiger partial charge in [-0.2, -0.15) is 5.10 Å². The summed E-state index contributed by atoms with van der Waals surface area (Å²) in [4.78, 5) is 1.33. The number of hydrogen-bond donors (Lipinski definition) is 1. The molecule has 0 saturated heterocycles. The first-order valence-electron chi connectivity index (χ1n) is 4.52. The molecule has 16 heavy (non-hydrogen) atoms. The third-order valence-electron chi connectivity index (χ3n) is 2.24. The monoisotopic (exact) mass is 254 g/mol. The van der Waals surface area contributed by atoms with Crippen molar-refractivity contribution >= 4 is 47.0 Å². The fourth-order valence-corrected chi connectivity index (χ4v) is 1.93. The van der Waals surface area contributed by atoms with Crippen LogP contribution in [0, 0.1) is 5.82 Å². The summed E-state index contributed by atoms with van der Waals surface area (Å²) in [6.07, 6.45) is 3.30. The van der Waals surface area contributed by atoms with Crippen LogP contribution >= 0.6 is 24.0 Å². The summed E-state index contributed by atoms with van der Waals surface area (Å²) in [6.45, 7) is 0. The summed E-state index contributed by atoms with van der Waals surface area (Å²) < 4.78 is 13.4. The zero-order valence-electron chi connectivity index (χ0n) is 8.42. The Morgan fingerprint density at radius 1 is 1.62 bits per heavy atom. The number of hydrogen-bond acceptors (Lipinski definition) is 4. The van der Waals surface area contributed by atoms with E-state index in [1.54, 1.807) is 0 Å². The Hall–Kier alpha value is -0.915. The number of thiocarbonyl (C=S) groups is 1. The lowest BCUT2D eigenvalue weighted by Gasteiger charge is -2.25. The second kappa shape index (κ2) is 4.53. The van der Waals surface area contributed by atoms with Crippen LogP contribution in [0.3, 0.4) is 0 Å². The molecule has 2 rings (SSSR count). The molecule has 0 fully saturated rings. The van der Waals surface area contributed by atoms with Crippen molar-refractivity contribution in [2.45, 2.75) is 0 Å². The number of rotatable bonds is 0. The van der Waals surface area contributed by atoms with Gasteiger partial charge in [-0.3, -0.25) is 4.92 Å². The van der Waals surface area contributed by atoms with Gasteiger partial charge >= 0.3 is 7.05 Å². The Morgan fingerprint density at radius 3 is 3.06 bits per heavy atom. The molecule has 0 unspecified atom stereocenters. The summed E-state index contributed by atoms with van der Waals surface area (Å²) in [5, 5.41) is 14.0. The van der Waals surface area contributed by atoms with Crippen molar-refractivity contribution < 1.29 is 9.41 Å². The van der Waals surface area contributed by atoms with Crippen molar-refractivity contribution in [2.75, 3.05) is 6.26 Å². The molecular weight excluding hydrogens is 246 g/mol. The zero-order chi connectivity index (χ0) is 11.7. The second-order valence-electron chi connectivity index (χ2n) is 3.21. The molecule has 1 aliphatic rings. The van der Waals surface area contributed by atoms with Crippen LogP contribution in [0.25, 0.3) is 0 Å². The zero-order valence-corrected chi connectivity index (χ0v) is 10.1. The molecule has 3 nitrogen and oxygen atoms in total. The number of benzene rings is 1. The first kappa shape index (κ1) is 11.6. The van der Waals surface area contributed by atoms with Crippen LogP contribution in [0.15, 0.2) is 23.3 Å². The van der Waals surface area contributed by atoms with Gasteiger partial charge in [-0.05, 0) is 29.4 Å². The number of halogens is 1. The maximum absolute atomic E-state index is 13.0. The van der Waals surface area contributed by atoms with Gasteiger partial charge in [0.05, 0.1) is 6.21 Å². The van der Waals surface area contributed by atoms with E-state index >= 15 is 0 Å². The van der Waals surface area contributed by atoms with Crippen LogP contribution in [0.1, 0.15) is 5.56 Å². The van der Waals surface area contributed by atoms with Gasteiger partial charge in [0, 0.05) is 0 Å². The van der Waals surface area contributed by atoms with Gasteiger partial charge in [0.1, 0.15) is 10.1 Å². The Balaban J connectivity index is 2.39. The molecule has 82 valence electrons. The number of thioether (sulfide) groups is 1. The van der Waals surface area contributed by atoms with E-state index in [4.69, 9.17) is 12.2 Å². The molecule has 0 atom stereocenters. The smallest absolute Gasteiger partial charge is 0.427 e. The molecule has 0 radical (unpaired) electrons. The Morgan fingerprint density at radius 2 is 2.38 bits per heavy atom. The van der Waals surface area contributed by atoms with E-state index in [0.29, 0.717) is 15.3 Å². The van der Waals surface area contributed by atoms with E-state index in [-0.39, 0.29) is 5.82 Å². The van der Waals surface area contributed by atoms with Crippen LogP contribution in [0.4, 0.5) is 4.39 Å². The first-order valence-corrected chi connectivity index (χ1v) is 6.15. The van der Waals surface area contributed by atoms with E-state index in [1.165, 1.54) is 41.1 Å². The highest BCUT2D eigenvalue weighted by atomic mass is 32.2. The highest BCUT2D eigenvalue weighted by molar-refractivity contribution is 8.22. The summed E-state index contributed by atoms with van der Waals surface area (Å²) in [6, 6.07) is 4.18. The number of nitrogens with zero attached hydrogens (tertiary/aromatic N) is 2. The van der Waals surface area contributed by atoms with E-state index in [9.17, 15) is 9.41 Å². The number of fused-ring (bicyclic) bond motifs is 1. The predicted molar refractivity (Wildman–Crippen MR) is 69.6 cm³/mol. The van der Waals surface area contributed by atoms with Crippen LogP contribution in [-0.2, 0) is 0 Å². The lowest BCUT2D eigenvalue weighted by atomic mass is 9.70. The van der Waals surface area contributed by atoms with E-state index in [2.05, 4.69) is 5.10 Å². The standard InChI is InChI=1S/C9H8BFN2OS2/c1-16-9(15)13-10(14)8-3-2-7(11)4-6(8)5-12-13/h2-5,14H,1H3. The average Bonchev–Trinajstić information content (AvgIpc) is 2.28. The van der Waals surface area contributed by atoms with Crippen molar-refractivity contribution in [3.63, 3.8) is 0 Å². The first-order chi connectivity index (χ1) is 7.63. The Bertz CT molecular complexity index is 469. The average molecular weight is 254 g/mol. The van der Waals surface area contributed by atoms with Crippen LogP contribution in [0.5, 0.6) is 0 Å². The van der Waals surface area contributed by atoms with E-state index < -0.39 is 7.05 Å².